The quantitative estimate of drug-likeness (QED) is 0.788. The number of para-hydroxylation sites is 1. The summed E-state index contributed by atoms with van der Waals surface area (Å²) in [6, 6.07) is 9.26. The highest BCUT2D eigenvalue weighted by Gasteiger charge is 2.33. The molecule has 0 saturated carbocycles. The van der Waals surface area contributed by atoms with Crippen molar-refractivity contribution in [1.29, 1.82) is 0 Å². The summed E-state index contributed by atoms with van der Waals surface area (Å²) in [6.45, 7) is 5.17. The van der Waals surface area contributed by atoms with Gasteiger partial charge in [-0.25, -0.2) is 0 Å². The molecule has 0 bridgehead atoms. The van der Waals surface area contributed by atoms with Crippen LogP contribution in [-0.4, -0.2) is 27.0 Å². The van der Waals surface area contributed by atoms with Crippen molar-refractivity contribution in [2.24, 2.45) is 0 Å². The third kappa shape index (κ3) is 4.00. The fourth-order valence-electron chi connectivity index (χ4n) is 2.95. The van der Waals surface area contributed by atoms with Crippen molar-refractivity contribution < 1.29 is 26.9 Å². The van der Waals surface area contributed by atoms with E-state index in [0.717, 1.165) is 5.56 Å². The molecule has 7 nitrogen and oxygen atoms in total. The molecule has 0 spiro atoms. The highest BCUT2D eigenvalue weighted by molar-refractivity contribution is 7.87. The molecule has 3 rings (SSSR count). The van der Waals surface area contributed by atoms with Gasteiger partial charge in [0.1, 0.15) is 16.2 Å². The van der Waals surface area contributed by atoms with Crippen LogP contribution in [0.1, 0.15) is 26.3 Å². The van der Waals surface area contributed by atoms with Gasteiger partial charge in [0.05, 0.1) is 12.8 Å². The highest BCUT2D eigenvalue weighted by atomic mass is 32.2. The molecule has 1 aliphatic rings. The first-order chi connectivity index (χ1) is 12.6. The number of anilines is 1. The maximum Gasteiger partial charge on any atom is 0.339 e. The number of carbonyl (C=O) groups excluding carboxylic acids is 1. The lowest BCUT2D eigenvalue weighted by Gasteiger charge is -2.18. The van der Waals surface area contributed by atoms with Gasteiger partial charge in [-0.3, -0.25) is 4.79 Å². The van der Waals surface area contributed by atoms with E-state index in [1.54, 1.807) is 12.1 Å². The van der Waals surface area contributed by atoms with Crippen molar-refractivity contribution in [3.63, 3.8) is 0 Å². The second-order valence-electron chi connectivity index (χ2n) is 6.86. The fourth-order valence-corrected chi connectivity index (χ4v) is 3.91. The van der Waals surface area contributed by atoms with Gasteiger partial charge in [-0.2, -0.15) is 8.42 Å². The van der Waals surface area contributed by atoms with Crippen molar-refractivity contribution in [3.8, 4) is 17.2 Å². The van der Waals surface area contributed by atoms with E-state index in [4.69, 9.17) is 13.7 Å². The van der Waals surface area contributed by atoms with Gasteiger partial charge in [0.2, 0.25) is 5.91 Å². The lowest BCUT2D eigenvalue weighted by atomic mass is 10.0. The maximum atomic E-state index is 12.8. The van der Waals surface area contributed by atoms with Gasteiger partial charge in [0.25, 0.3) is 0 Å². The summed E-state index contributed by atoms with van der Waals surface area (Å²) in [7, 11) is -2.71. The Labute approximate surface area is 158 Å². The Kier molecular flexibility index (Phi) is 4.77. The Morgan fingerprint density at radius 2 is 1.93 bits per heavy atom. The van der Waals surface area contributed by atoms with E-state index in [1.165, 1.54) is 32.2 Å². The molecule has 1 amide bonds. The van der Waals surface area contributed by atoms with Crippen LogP contribution in [0.2, 0.25) is 0 Å². The minimum absolute atomic E-state index is 0.109. The van der Waals surface area contributed by atoms with Crippen LogP contribution < -0.4 is 19.0 Å². The van der Waals surface area contributed by atoms with E-state index in [1.807, 2.05) is 19.9 Å². The van der Waals surface area contributed by atoms with Gasteiger partial charge in [-0.15, -0.1) is 0 Å². The van der Waals surface area contributed by atoms with E-state index in [-0.39, 0.29) is 22.2 Å². The minimum Gasteiger partial charge on any atom is -0.495 e. The number of methoxy groups -OCH3 is 1. The van der Waals surface area contributed by atoms with Crippen molar-refractivity contribution in [2.75, 3.05) is 12.4 Å². The summed E-state index contributed by atoms with van der Waals surface area (Å²) in [5.41, 5.74) is 0.705. The van der Waals surface area contributed by atoms with Gasteiger partial charge < -0.3 is 19.0 Å². The summed E-state index contributed by atoms with van der Waals surface area (Å²) < 4.78 is 41.9. The molecule has 0 radical (unpaired) electrons. The molecule has 0 aromatic heterocycles. The predicted molar refractivity (Wildman–Crippen MR) is 100.0 cm³/mol. The molecule has 0 aliphatic carbocycles. The average molecular weight is 391 g/mol. The number of fused-ring (bicyclic) bond motifs is 1. The highest BCUT2D eigenvalue weighted by Crippen LogP contribution is 2.42. The number of hydrogen-bond acceptors (Lipinski definition) is 6. The average Bonchev–Trinajstić information content (AvgIpc) is 2.89. The lowest BCUT2D eigenvalue weighted by molar-refractivity contribution is -0.114. The maximum absolute atomic E-state index is 12.8. The number of ether oxygens (including phenoxy) is 2. The number of nitrogens with one attached hydrogen (secondary N) is 1. The molecule has 1 heterocycles. The van der Waals surface area contributed by atoms with E-state index < -0.39 is 15.7 Å². The molecule has 0 atom stereocenters. The number of amides is 1. The Bertz CT molecular complexity index is 997. The first-order valence-corrected chi connectivity index (χ1v) is 9.73. The number of carbonyl (C=O) groups is 1. The molecule has 0 saturated heterocycles. The minimum atomic E-state index is -4.14. The molecule has 2 aromatic carbocycles. The SMILES string of the molecule is COc1ccc(S(=O)(=O)Oc2cccc3c2OC(C)(C)C3)cc1NC(C)=O. The van der Waals surface area contributed by atoms with Gasteiger partial charge in [-0.05, 0) is 38.1 Å². The van der Waals surface area contributed by atoms with Crippen LogP contribution in [0.3, 0.4) is 0 Å². The van der Waals surface area contributed by atoms with E-state index in [0.29, 0.717) is 17.9 Å². The van der Waals surface area contributed by atoms with Crippen molar-refractivity contribution in [1.82, 2.24) is 0 Å². The zero-order valence-electron chi connectivity index (χ0n) is 15.5. The van der Waals surface area contributed by atoms with E-state index in [9.17, 15) is 13.2 Å². The molecular formula is C19H21NO6S. The second kappa shape index (κ2) is 6.77. The Balaban J connectivity index is 1.95. The van der Waals surface area contributed by atoms with Crippen molar-refractivity contribution >= 4 is 21.7 Å². The normalized spacial score (nSPS) is 14.8. The van der Waals surface area contributed by atoms with Crippen LogP contribution in [0.15, 0.2) is 41.3 Å². The smallest absolute Gasteiger partial charge is 0.339 e. The number of benzene rings is 2. The van der Waals surface area contributed by atoms with Crippen LogP contribution in [-0.2, 0) is 21.3 Å². The van der Waals surface area contributed by atoms with E-state index in [2.05, 4.69) is 5.32 Å². The van der Waals surface area contributed by atoms with Crippen LogP contribution in [0, 0.1) is 0 Å². The largest absolute Gasteiger partial charge is 0.495 e. The zero-order valence-corrected chi connectivity index (χ0v) is 16.3. The third-order valence-electron chi connectivity index (χ3n) is 4.02. The van der Waals surface area contributed by atoms with Crippen LogP contribution in [0.4, 0.5) is 5.69 Å². The van der Waals surface area contributed by atoms with Crippen LogP contribution in [0.25, 0.3) is 0 Å². The van der Waals surface area contributed by atoms with Crippen LogP contribution >= 0.6 is 0 Å². The monoisotopic (exact) mass is 391 g/mol. The molecule has 144 valence electrons. The summed E-state index contributed by atoms with van der Waals surface area (Å²) in [5.74, 6) is 0.562. The molecule has 2 aromatic rings. The molecule has 8 heteroatoms. The number of rotatable bonds is 5. The zero-order chi connectivity index (χ0) is 19.8. The predicted octanol–water partition coefficient (Wildman–Crippen LogP) is 3.13. The Morgan fingerprint density at radius 1 is 1.19 bits per heavy atom. The van der Waals surface area contributed by atoms with Gasteiger partial charge >= 0.3 is 10.1 Å². The van der Waals surface area contributed by atoms with Gasteiger partial charge in [-0.1, -0.05) is 12.1 Å². The van der Waals surface area contributed by atoms with Crippen molar-refractivity contribution in [3.05, 3.63) is 42.0 Å². The molecular weight excluding hydrogens is 370 g/mol. The molecule has 1 aliphatic heterocycles. The molecule has 0 unspecified atom stereocenters. The first kappa shape index (κ1) is 19.0. The van der Waals surface area contributed by atoms with Crippen molar-refractivity contribution in [2.45, 2.75) is 37.7 Å². The van der Waals surface area contributed by atoms with Gasteiger partial charge in [0.15, 0.2) is 11.5 Å². The Hall–Kier alpha value is -2.74. The standard InChI is InChI=1S/C19H21NO6S/c1-12(21)20-15-10-14(8-9-16(15)24-4)27(22,23)26-17-7-5-6-13-11-19(2,3)25-18(13)17/h5-10H,11H2,1-4H3,(H,20,21). The second-order valence-corrected chi connectivity index (χ2v) is 8.41. The summed E-state index contributed by atoms with van der Waals surface area (Å²) in [6.07, 6.45) is 0.662. The fraction of sp³-hybridized carbons (Fsp3) is 0.316. The first-order valence-electron chi connectivity index (χ1n) is 8.32. The van der Waals surface area contributed by atoms with Crippen LogP contribution in [0.5, 0.6) is 17.2 Å². The van der Waals surface area contributed by atoms with E-state index >= 15 is 0 Å². The summed E-state index contributed by atoms with van der Waals surface area (Å²) in [4.78, 5) is 11.2. The topological polar surface area (TPSA) is 90.9 Å². The molecule has 1 N–H and O–H groups in total. The Morgan fingerprint density at radius 3 is 2.59 bits per heavy atom. The number of hydrogen-bond donors (Lipinski definition) is 1. The van der Waals surface area contributed by atoms with Gasteiger partial charge in [0, 0.05) is 18.9 Å². The molecule has 27 heavy (non-hydrogen) atoms. The molecule has 0 fully saturated rings. The summed E-state index contributed by atoms with van der Waals surface area (Å²) in [5, 5.41) is 2.54. The lowest BCUT2D eigenvalue weighted by Crippen LogP contribution is -2.24. The third-order valence-corrected chi connectivity index (χ3v) is 5.26. The summed E-state index contributed by atoms with van der Waals surface area (Å²) >= 11 is 0.